The summed E-state index contributed by atoms with van der Waals surface area (Å²) in [5.74, 6) is -0.733. The van der Waals surface area contributed by atoms with Gasteiger partial charge in [-0.15, -0.1) is 0 Å². The smallest absolute Gasteiger partial charge is 0.386 e. The summed E-state index contributed by atoms with van der Waals surface area (Å²) in [7, 11) is 0. The topological polar surface area (TPSA) is 63.3 Å². The standard InChI is InChI=1S/C17H16F3NO2/c1-16(2,23)11-7-10(8-12(9-11)17(18,19)20)13-5-3-4-6-14(13)15(21)22/h3-9,23H,1-2H3,(H2,21,22). The number of carbonyl (C=O) groups excluding carboxylic acids is 1. The third kappa shape index (κ3) is 3.71. The monoisotopic (exact) mass is 323 g/mol. The van der Waals surface area contributed by atoms with Gasteiger partial charge in [-0.05, 0) is 54.8 Å². The fourth-order valence-electron chi connectivity index (χ4n) is 2.25. The molecule has 0 aliphatic rings. The van der Waals surface area contributed by atoms with Gasteiger partial charge in [-0.3, -0.25) is 4.79 Å². The largest absolute Gasteiger partial charge is 0.416 e. The summed E-state index contributed by atoms with van der Waals surface area (Å²) in [5, 5.41) is 10.1. The van der Waals surface area contributed by atoms with Crippen molar-refractivity contribution in [1.82, 2.24) is 0 Å². The van der Waals surface area contributed by atoms with Crippen molar-refractivity contribution in [2.45, 2.75) is 25.6 Å². The molecule has 2 rings (SSSR count). The number of primary amides is 1. The summed E-state index contributed by atoms with van der Waals surface area (Å²) < 4.78 is 39.4. The normalized spacial score (nSPS) is 12.3. The van der Waals surface area contributed by atoms with Gasteiger partial charge in [0.25, 0.3) is 0 Å². The van der Waals surface area contributed by atoms with Gasteiger partial charge >= 0.3 is 6.18 Å². The molecule has 3 N–H and O–H groups in total. The lowest BCUT2D eigenvalue weighted by Crippen LogP contribution is -2.18. The van der Waals surface area contributed by atoms with E-state index < -0.39 is 23.2 Å². The molecule has 0 aromatic heterocycles. The van der Waals surface area contributed by atoms with E-state index in [1.165, 1.54) is 32.0 Å². The fraction of sp³-hybridized carbons (Fsp3) is 0.235. The van der Waals surface area contributed by atoms with Crippen LogP contribution in [0, 0.1) is 0 Å². The van der Waals surface area contributed by atoms with Gasteiger partial charge in [0.05, 0.1) is 11.2 Å². The molecule has 0 radical (unpaired) electrons. The van der Waals surface area contributed by atoms with Crippen LogP contribution in [0.3, 0.4) is 0 Å². The molecule has 0 saturated heterocycles. The third-order valence-electron chi connectivity index (χ3n) is 3.47. The maximum Gasteiger partial charge on any atom is 0.416 e. The van der Waals surface area contributed by atoms with Gasteiger partial charge in [-0.2, -0.15) is 13.2 Å². The molecule has 0 aliphatic heterocycles. The number of halogens is 3. The minimum Gasteiger partial charge on any atom is -0.386 e. The number of carbonyl (C=O) groups is 1. The van der Waals surface area contributed by atoms with Crippen LogP contribution >= 0.6 is 0 Å². The van der Waals surface area contributed by atoms with Gasteiger partial charge < -0.3 is 10.8 Å². The van der Waals surface area contributed by atoms with E-state index in [4.69, 9.17) is 5.73 Å². The molecule has 0 fully saturated rings. The van der Waals surface area contributed by atoms with Crippen molar-refractivity contribution in [1.29, 1.82) is 0 Å². The number of hydrogen-bond donors (Lipinski definition) is 2. The van der Waals surface area contributed by atoms with Crippen molar-refractivity contribution in [2.75, 3.05) is 0 Å². The van der Waals surface area contributed by atoms with Crippen molar-refractivity contribution < 1.29 is 23.1 Å². The predicted octanol–water partition coefficient (Wildman–Crippen LogP) is 3.70. The second kappa shape index (κ2) is 5.70. The number of aliphatic hydroxyl groups is 1. The van der Waals surface area contributed by atoms with Crippen LogP contribution in [0.1, 0.15) is 35.3 Å². The molecule has 2 aromatic carbocycles. The van der Waals surface area contributed by atoms with E-state index in [1.807, 2.05) is 0 Å². The Kier molecular flexibility index (Phi) is 4.22. The van der Waals surface area contributed by atoms with Crippen molar-refractivity contribution >= 4 is 5.91 Å². The number of nitrogens with two attached hydrogens (primary N) is 1. The Balaban J connectivity index is 2.75. The van der Waals surface area contributed by atoms with Crippen LogP contribution in [-0.2, 0) is 11.8 Å². The Morgan fingerprint density at radius 3 is 2.13 bits per heavy atom. The summed E-state index contributed by atoms with van der Waals surface area (Å²) >= 11 is 0. The number of rotatable bonds is 3. The van der Waals surface area contributed by atoms with E-state index in [1.54, 1.807) is 12.1 Å². The van der Waals surface area contributed by atoms with Crippen molar-refractivity contribution in [3.8, 4) is 11.1 Å². The van der Waals surface area contributed by atoms with Crippen molar-refractivity contribution in [3.05, 3.63) is 59.2 Å². The summed E-state index contributed by atoms with van der Waals surface area (Å²) in [6.07, 6.45) is -4.57. The quantitative estimate of drug-likeness (QED) is 0.904. The first-order chi connectivity index (χ1) is 10.5. The first-order valence-electron chi connectivity index (χ1n) is 6.84. The first-order valence-corrected chi connectivity index (χ1v) is 6.84. The molecule has 23 heavy (non-hydrogen) atoms. The minimum atomic E-state index is -4.57. The van der Waals surface area contributed by atoms with Crippen LogP contribution in [-0.4, -0.2) is 11.0 Å². The second-order valence-corrected chi connectivity index (χ2v) is 5.77. The van der Waals surface area contributed by atoms with E-state index in [9.17, 15) is 23.1 Å². The highest BCUT2D eigenvalue weighted by Crippen LogP contribution is 2.36. The Labute approximate surface area is 131 Å². The summed E-state index contributed by atoms with van der Waals surface area (Å²) in [6.45, 7) is 2.79. The first kappa shape index (κ1) is 17.0. The maximum absolute atomic E-state index is 13.1. The molecule has 6 heteroatoms. The summed E-state index contributed by atoms with van der Waals surface area (Å²) in [4.78, 5) is 11.5. The molecule has 2 aromatic rings. The number of alkyl halides is 3. The van der Waals surface area contributed by atoms with Crippen LogP contribution in [0.15, 0.2) is 42.5 Å². The number of benzene rings is 2. The maximum atomic E-state index is 13.1. The fourth-order valence-corrected chi connectivity index (χ4v) is 2.25. The molecule has 1 amide bonds. The molecule has 0 unspecified atom stereocenters. The van der Waals surface area contributed by atoms with Crippen molar-refractivity contribution in [2.24, 2.45) is 5.73 Å². The Morgan fingerprint density at radius 2 is 1.61 bits per heavy atom. The highest BCUT2D eigenvalue weighted by Gasteiger charge is 2.33. The third-order valence-corrected chi connectivity index (χ3v) is 3.47. The zero-order valence-corrected chi connectivity index (χ0v) is 12.6. The van der Waals surface area contributed by atoms with Gasteiger partial charge in [-0.1, -0.05) is 18.2 Å². The highest BCUT2D eigenvalue weighted by atomic mass is 19.4. The van der Waals surface area contributed by atoms with E-state index in [-0.39, 0.29) is 22.3 Å². The van der Waals surface area contributed by atoms with E-state index >= 15 is 0 Å². The Bertz CT molecular complexity index is 714. The average Bonchev–Trinajstić information content (AvgIpc) is 2.45. The lowest BCUT2D eigenvalue weighted by molar-refractivity contribution is -0.137. The highest BCUT2D eigenvalue weighted by molar-refractivity contribution is 5.99. The van der Waals surface area contributed by atoms with Crippen LogP contribution < -0.4 is 5.73 Å². The lowest BCUT2D eigenvalue weighted by Gasteiger charge is -2.21. The average molecular weight is 323 g/mol. The summed E-state index contributed by atoms with van der Waals surface area (Å²) in [5.41, 5.74) is 3.61. The molecule has 122 valence electrons. The Morgan fingerprint density at radius 1 is 1.04 bits per heavy atom. The second-order valence-electron chi connectivity index (χ2n) is 5.77. The van der Waals surface area contributed by atoms with Crippen molar-refractivity contribution in [3.63, 3.8) is 0 Å². The minimum absolute atomic E-state index is 0.0987. The van der Waals surface area contributed by atoms with Crippen LogP contribution in [0.2, 0.25) is 0 Å². The SMILES string of the molecule is CC(C)(O)c1cc(-c2ccccc2C(N)=O)cc(C(F)(F)F)c1. The molecule has 0 heterocycles. The predicted molar refractivity (Wildman–Crippen MR) is 80.6 cm³/mol. The lowest BCUT2D eigenvalue weighted by atomic mass is 9.90. The molecule has 0 saturated carbocycles. The molecule has 0 atom stereocenters. The Hall–Kier alpha value is -2.34. The van der Waals surface area contributed by atoms with Gasteiger partial charge in [-0.25, -0.2) is 0 Å². The summed E-state index contributed by atoms with van der Waals surface area (Å²) in [6, 6.07) is 9.41. The van der Waals surface area contributed by atoms with Crippen LogP contribution in [0.4, 0.5) is 13.2 Å². The molecule has 0 aliphatic carbocycles. The van der Waals surface area contributed by atoms with Gasteiger partial charge in [0, 0.05) is 5.56 Å². The van der Waals surface area contributed by atoms with E-state index in [2.05, 4.69) is 0 Å². The molecular formula is C17H16F3NO2. The van der Waals surface area contributed by atoms with Crippen LogP contribution in [0.25, 0.3) is 11.1 Å². The molecule has 3 nitrogen and oxygen atoms in total. The zero-order chi connectivity index (χ0) is 17.4. The van der Waals surface area contributed by atoms with E-state index in [0.717, 1.165) is 12.1 Å². The molecular weight excluding hydrogens is 307 g/mol. The van der Waals surface area contributed by atoms with Crippen LogP contribution in [0.5, 0.6) is 0 Å². The zero-order valence-electron chi connectivity index (χ0n) is 12.6. The number of amides is 1. The van der Waals surface area contributed by atoms with Gasteiger partial charge in [0.2, 0.25) is 5.91 Å². The molecule has 0 bridgehead atoms. The number of hydrogen-bond acceptors (Lipinski definition) is 2. The molecule has 0 spiro atoms. The van der Waals surface area contributed by atoms with Gasteiger partial charge in [0.15, 0.2) is 0 Å². The van der Waals surface area contributed by atoms with Gasteiger partial charge in [0.1, 0.15) is 0 Å². The van der Waals surface area contributed by atoms with E-state index in [0.29, 0.717) is 0 Å².